The van der Waals surface area contributed by atoms with Crippen LogP contribution in [0.5, 0.6) is 0 Å². The molecule has 1 aromatic carbocycles. The summed E-state index contributed by atoms with van der Waals surface area (Å²) in [7, 11) is 0. The third-order valence-electron chi connectivity index (χ3n) is 4.43. The second-order valence-corrected chi connectivity index (χ2v) is 6.90. The minimum absolute atomic E-state index is 0.0763. The van der Waals surface area contributed by atoms with Gasteiger partial charge in [0, 0.05) is 5.69 Å². The van der Waals surface area contributed by atoms with E-state index in [9.17, 15) is 9.90 Å². The summed E-state index contributed by atoms with van der Waals surface area (Å²) in [6, 6.07) is 2.03. The molecule has 1 aliphatic rings. The zero-order valence-electron chi connectivity index (χ0n) is 13.3. The van der Waals surface area contributed by atoms with Gasteiger partial charge < -0.3 is 10.4 Å². The summed E-state index contributed by atoms with van der Waals surface area (Å²) >= 11 is 0. The van der Waals surface area contributed by atoms with Gasteiger partial charge in [-0.05, 0) is 47.9 Å². The van der Waals surface area contributed by atoms with Gasteiger partial charge >= 0.3 is 0 Å². The van der Waals surface area contributed by atoms with E-state index in [0.717, 1.165) is 34.4 Å². The van der Waals surface area contributed by atoms with Crippen molar-refractivity contribution in [2.24, 2.45) is 5.41 Å². The van der Waals surface area contributed by atoms with Crippen LogP contribution in [0.1, 0.15) is 68.4 Å². The van der Waals surface area contributed by atoms with Gasteiger partial charge in [-0.15, -0.1) is 0 Å². The first kappa shape index (κ1) is 15.0. The van der Waals surface area contributed by atoms with Crippen LogP contribution in [-0.4, -0.2) is 11.0 Å². The number of aliphatic hydroxyl groups is 1. The molecule has 0 saturated heterocycles. The average molecular weight is 275 g/mol. The number of carbonyl (C=O) groups is 1. The lowest BCUT2D eigenvalue weighted by molar-refractivity contribution is -0.117. The molecule has 0 bridgehead atoms. The Morgan fingerprint density at radius 1 is 1.30 bits per heavy atom. The summed E-state index contributed by atoms with van der Waals surface area (Å²) in [4.78, 5) is 12.0. The van der Waals surface area contributed by atoms with Crippen LogP contribution in [0.15, 0.2) is 6.07 Å². The van der Waals surface area contributed by atoms with E-state index in [1.165, 1.54) is 0 Å². The lowest BCUT2D eigenvalue weighted by atomic mass is 9.80. The predicted molar refractivity (Wildman–Crippen MR) is 82.0 cm³/mol. The van der Waals surface area contributed by atoms with Crippen LogP contribution >= 0.6 is 0 Å². The highest BCUT2D eigenvalue weighted by molar-refractivity contribution is 6.04. The fourth-order valence-corrected chi connectivity index (χ4v) is 2.92. The van der Waals surface area contributed by atoms with Gasteiger partial charge in [0.25, 0.3) is 0 Å². The molecule has 2 rings (SSSR count). The Kier molecular flexibility index (Phi) is 3.67. The number of carbonyl (C=O) groups excluding carboxylic acids is 1. The molecule has 0 saturated carbocycles. The number of amides is 1. The van der Waals surface area contributed by atoms with Crippen LogP contribution in [0.25, 0.3) is 0 Å². The van der Waals surface area contributed by atoms with Crippen LogP contribution in [-0.2, 0) is 4.79 Å². The summed E-state index contributed by atoms with van der Waals surface area (Å²) in [5.41, 5.74) is 4.86. The van der Waals surface area contributed by atoms with Crippen LogP contribution in [0.3, 0.4) is 0 Å². The zero-order valence-corrected chi connectivity index (χ0v) is 13.3. The first-order valence-corrected chi connectivity index (χ1v) is 7.31. The molecule has 1 aliphatic heterocycles. The molecule has 0 aliphatic carbocycles. The fraction of sp³-hybridized carbons (Fsp3) is 0.588. The highest BCUT2D eigenvalue weighted by Gasteiger charge is 2.34. The van der Waals surface area contributed by atoms with Gasteiger partial charge in [-0.25, -0.2) is 0 Å². The molecule has 2 atom stereocenters. The first-order chi connectivity index (χ1) is 9.18. The Labute approximate surface area is 121 Å². The molecule has 1 aromatic rings. The molecule has 1 amide bonds. The first-order valence-electron chi connectivity index (χ1n) is 7.31. The average Bonchev–Trinajstić information content (AvgIpc) is 2.67. The highest BCUT2D eigenvalue weighted by Crippen LogP contribution is 2.43. The Balaban J connectivity index is 2.61. The molecule has 0 radical (unpaired) electrons. The largest absolute Gasteiger partial charge is 0.388 e. The molecule has 1 heterocycles. The van der Waals surface area contributed by atoms with Gasteiger partial charge in [-0.1, -0.05) is 33.8 Å². The number of fused-ring (bicyclic) bond motifs is 1. The normalized spacial score (nSPS) is 19.8. The van der Waals surface area contributed by atoms with Crippen LogP contribution in [0.4, 0.5) is 5.69 Å². The maximum absolute atomic E-state index is 12.0. The molecule has 2 unspecified atom stereocenters. The summed E-state index contributed by atoms with van der Waals surface area (Å²) in [5.74, 6) is -0.0115. The molecule has 2 N–H and O–H groups in total. The quantitative estimate of drug-likeness (QED) is 0.861. The summed E-state index contributed by atoms with van der Waals surface area (Å²) in [6.45, 7) is 12.1. The fourth-order valence-electron chi connectivity index (χ4n) is 2.92. The van der Waals surface area contributed by atoms with E-state index in [-0.39, 0.29) is 17.2 Å². The van der Waals surface area contributed by atoms with E-state index in [0.29, 0.717) is 0 Å². The number of aliphatic hydroxyl groups excluding tert-OH is 1. The van der Waals surface area contributed by atoms with E-state index < -0.39 is 6.10 Å². The smallest absolute Gasteiger partial charge is 0.232 e. The highest BCUT2D eigenvalue weighted by atomic mass is 16.3. The summed E-state index contributed by atoms with van der Waals surface area (Å²) in [6.07, 6.45) is 0.256. The number of benzene rings is 1. The standard InChI is InChI=1S/C17H25NO2/c1-7-11-13-8-12(15(19)17(4,5)6)9(2)10(3)14(13)18-16(11)20/h8,11,15,19H,7H2,1-6H3,(H,18,20). The number of rotatable bonds is 2. The molecule has 3 heteroatoms. The molecule has 0 fully saturated rings. The SMILES string of the molecule is CCC1C(=O)Nc2c1cc(C(O)C(C)(C)C)c(C)c2C. The third-order valence-corrected chi connectivity index (χ3v) is 4.43. The number of hydrogen-bond acceptors (Lipinski definition) is 2. The van der Waals surface area contributed by atoms with Crippen molar-refractivity contribution in [3.8, 4) is 0 Å². The minimum Gasteiger partial charge on any atom is -0.388 e. The monoisotopic (exact) mass is 275 g/mol. The van der Waals surface area contributed by atoms with Crippen LogP contribution in [0, 0.1) is 19.3 Å². The third kappa shape index (κ3) is 2.24. The topological polar surface area (TPSA) is 49.3 Å². The second kappa shape index (κ2) is 4.88. The summed E-state index contributed by atoms with van der Waals surface area (Å²) < 4.78 is 0. The lowest BCUT2D eigenvalue weighted by Crippen LogP contribution is -2.19. The van der Waals surface area contributed by atoms with E-state index in [1.807, 2.05) is 47.6 Å². The van der Waals surface area contributed by atoms with Gasteiger partial charge in [0.05, 0.1) is 12.0 Å². The van der Waals surface area contributed by atoms with E-state index in [2.05, 4.69) is 5.32 Å². The van der Waals surface area contributed by atoms with Crippen molar-refractivity contribution in [1.82, 2.24) is 0 Å². The maximum atomic E-state index is 12.0. The van der Waals surface area contributed by atoms with Gasteiger partial charge in [0.15, 0.2) is 0 Å². The van der Waals surface area contributed by atoms with Crippen LogP contribution in [0.2, 0.25) is 0 Å². The molecule has 20 heavy (non-hydrogen) atoms. The van der Waals surface area contributed by atoms with Gasteiger partial charge in [-0.3, -0.25) is 4.79 Å². The summed E-state index contributed by atoms with van der Waals surface area (Å²) in [5, 5.41) is 13.6. The van der Waals surface area contributed by atoms with Crippen molar-refractivity contribution in [1.29, 1.82) is 0 Å². The molecular weight excluding hydrogens is 250 g/mol. The van der Waals surface area contributed by atoms with E-state index >= 15 is 0 Å². The van der Waals surface area contributed by atoms with Crippen molar-refractivity contribution < 1.29 is 9.90 Å². The van der Waals surface area contributed by atoms with Crippen molar-refractivity contribution in [2.75, 3.05) is 5.32 Å². The number of hydrogen-bond donors (Lipinski definition) is 2. The van der Waals surface area contributed by atoms with Gasteiger partial charge in [0.1, 0.15) is 0 Å². The minimum atomic E-state index is -0.528. The van der Waals surface area contributed by atoms with E-state index in [1.54, 1.807) is 0 Å². The molecule has 3 nitrogen and oxygen atoms in total. The Bertz CT molecular complexity index is 555. The number of nitrogens with one attached hydrogen (secondary N) is 1. The Morgan fingerprint density at radius 3 is 2.40 bits per heavy atom. The Morgan fingerprint density at radius 2 is 1.90 bits per heavy atom. The van der Waals surface area contributed by atoms with Gasteiger partial charge in [0.2, 0.25) is 5.91 Å². The van der Waals surface area contributed by atoms with Crippen LogP contribution < -0.4 is 5.32 Å². The molecule has 110 valence electrons. The molecule has 0 spiro atoms. The predicted octanol–water partition coefficient (Wildman–Crippen LogP) is 3.83. The molecular formula is C17H25NO2. The Hall–Kier alpha value is -1.35. The maximum Gasteiger partial charge on any atom is 0.232 e. The van der Waals surface area contributed by atoms with Crippen molar-refractivity contribution in [3.05, 3.63) is 28.3 Å². The lowest BCUT2D eigenvalue weighted by Gasteiger charge is -2.29. The van der Waals surface area contributed by atoms with Crippen molar-refractivity contribution in [2.45, 2.75) is 60.0 Å². The van der Waals surface area contributed by atoms with Crippen molar-refractivity contribution >= 4 is 11.6 Å². The molecule has 0 aromatic heterocycles. The number of anilines is 1. The van der Waals surface area contributed by atoms with Gasteiger partial charge in [-0.2, -0.15) is 0 Å². The zero-order chi connectivity index (χ0) is 15.2. The van der Waals surface area contributed by atoms with Crippen molar-refractivity contribution in [3.63, 3.8) is 0 Å². The second-order valence-electron chi connectivity index (χ2n) is 6.90. The van der Waals surface area contributed by atoms with E-state index in [4.69, 9.17) is 0 Å².